The van der Waals surface area contributed by atoms with Gasteiger partial charge in [-0.2, -0.15) is 18.3 Å². The fraction of sp³-hybridized carbons (Fsp3) is 0.522. The Morgan fingerprint density at radius 2 is 2.03 bits per heavy atom. The van der Waals surface area contributed by atoms with Gasteiger partial charge in [-0.3, -0.25) is 15.6 Å². The highest BCUT2D eigenvalue weighted by Crippen LogP contribution is 2.43. The van der Waals surface area contributed by atoms with Gasteiger partial charge in [-0.05, 0) is 42.1 Å². The molecule has 2 aliphatic rings. The molecule has 8 nitrogen and oxygen atoms in total. The number of amides is 1. The number of benzene rings is 1. The summed E-state index contributed by atoms with van der Waals surface area (Å²) in [7, 11) is 0. The molecule has 0 radical (unpaired) electrons. The Hall–Kier alpha value is -2.86. The minimum atomic E-state index is -4.53. The number of aromatic nitrogens is 2. The molecule has 2 aromatic rings. The summed E-state index contributed by atoms with van der Waals surface area (Å²) >= 11 is 5.13. The first kappa shape index (κ1) is 25.2. The third-order valence-electron chi connectivity index (χ3n) is 6.23. The lowest BCUT2D eigenvalue weighted by atomic mass is 9.94. The smallest absolute Gasteiger partial charge is 0.376 e. The number of alkyl halides is 3. The van der Waals surface area contributed by atoms with Crippen LogP contribution in [0.1, 0.15) is 72.7 Å². The summed E-state index contributed by atoms with van der Waals surface area (Å²) in [5, 5.41) is 10.2. The average molecular weight is 511 g/mol. The third-order valence-corrected chi connectivity index (χ3v) is 6.48. The number of carbonyl (C=O) groups excluding carboxylic acids is 1. The number of rotatable bonds is 5. The molecule has 0 spiro atoms. The lowest BCUT2D eigenvalue weighted by Crippen LogP contribution is -2.48. The second kappa shape index (κ2) is 10.4. The van der Waals surface area contributed by atoms with E-state index in [-0.39, 0.29) is 29.1 Å². The Balaban J connectivity index is 1.44. The molecular weight excluding hydrogens is 481 g/mol. The van der Waals surface area contributed by atoms with Crippen LogP contribution in [-0.4, -0.2) is 46.2 Å². The van der Waals surface area contributed by atoms with Gasteiger partial charge < -0.3 is 15.4 Å². The first-order chi connectivity index (χ1) is 16.6. The van der Waals surface area contributed by atoms with E-state index in [1.807, 2.05) is 24.3 Å². The molecule has 1 amide bonds. The number of hydrogen-bond donors (Lipinski definition) is 4. The molecule has 1 fully saturated rings. The first-order valence-corrected chi connectivity index (χ1v) is 12.0. The molecule has 35 heavy (non-hydrogen) atoms. The van der Waals surface area contributed by atoms with E-state index in [4.69, 9.17) is 17.0 Å². The molecule has 1 aromatic carbocycles. The first-order valence-electron chi connectivity index (χ1n) is 11.6. The molecule has 0 saturated carbocycles. The van der Waals surface area contributed by atoms with Gasteiger partial charge in [0, 0.05) is 25.6 Å². The van der Waals surface area contributed by atoms with Crippen LogP contribution in [-0.2, 0) is 4.74 Å². The average Bonchev–Trinajstić information content (AvgIpc) is 3.49. The van der Waals surface area contributed by atoms with E-state index in [1.54, 1.807) is 0 Å². The minimum Gasteiger partial charge on any atom is -0.376 e. The molecule has 12 heteroatoms. The second-order valence-corrected chi connectivity index (χ2v) is 9.50. The summed E-state index contributed by atoms with van der Waals surface area (Å²) in [4.78, 5) is 12.6. The van der Waals surface area contributed by atoms with Crippen molar-refractivity contribution < 1.29 is 22.7 Å². The van der Waals surface area contributed by atoms with Gasteiger partial charge in [-0.25, -0.2) is 4.68 Å². The zero-order valence-corrected chi connectivity index (χ0v) is 20.3. The van der Waals surface area contributed by atoms with Crippen molar-refractivity contribution in [2.75, 3.05) is 18.5 Å². The summed E-state index contributed by atoms with van der Waals surface area (Å²) in [5.74, 6) is -0.254. The molecular formula is C23H29F3N6O2S. The van der Waals surface area contributed by atoms with E-state index in [0.717, 1.165) is 28.7 Å². The number of thiocarbonyl (C=S) groups is 1. The summed E-state index contributed by atoms with van der Waals surface area (Å²) < 4.78 is 48.1. The molecule has 3 heterocycles. The van der Waals surface area contributed by atoms with E-state index >= 15 is 0 Å². The fourth-order valence-corrected chi connectivity index (χ4v) is 4.38. The zero-order chi connectivity index (χ0) is 25.2. The van der Waals surface area contributed by atoms with Crippen LogP contribution in [0.4, 0.5) is 19.0 Å². The Morgan fingerprint density at radius 3 is 2.66 bits per heavy atom. The predicted molar refractivity (Wildman–Crippen MR) is 129 cm³/mol. The Kier molecular flexibility index (Phi) is 7.50. The monoisotopic (exact) mass is 510 g/mol. The van der Waals surface area contributed by atoms with Crippen molar-refractivity contribution in [2.24, 2.45) is 0 Å². The number of anilines is 1. The maximum absolute atomic E-state index is 13.9. The van der Waals surface area contributed by atoms with Crippen molar-refractivity contribution in [2.45, 2.75) is 63.4 Å². The normalized spacial score (nSPS) is 21.8. The van der Waals surface area contributed by atoms with Gasteiger partial charge in [0.15, 0.2) is 16.8 Å². The van der Waals surface area contributed by atoms with Crippen molar-refractivity contribution >= 4 is 29.1 Å². The van der Waals surface area contributed by atoms with Gasteiger partial charge in [-0.1, -0.05) is 38.1 Å². The van der Waals surface area contributed by atoms with Gasteiger partial charge >= 0.3 is 6.18 Å². The van der Waals surface area contributed by atoms with Crippen LogP contribution < -0.4 is 21.5 Å². The molecule has 0 aliphatic carbocycles. The predicted octanol–water partition coefficient (Wildman–Crippen LogP) is 3.95. The van der Waals surface area contributed by atoms with Gasteiger partial charge in [0.25, 0.3) is 5.91 Å². The molecule has 3 atom stereocenters. The Morgan fingerprint density at radius 1 is 1.29 bits per heavy atom. The molecule has 1 saturated heterocycles. The summed E-state index contributed by atoms with van der Waals surface area (Å²) in [6.07, 6.45) is -2.79. The van der Waals surface area contributed by atoms with Crippen LogP contribution in [0, 0.1) is 0 Å². The number of hydrazine groups is 1. The van der Waals surface area contributed by atoms with E-state index in [9.17, 15) is 18.0 Å². The maximum Gasteiger partial charge on any atom is 0.410 e. The molecule has 190 valence electrons. The summed E-state index contributed by atoms with van der Waals surface area (Å²) in [5.41, 5.74) is 6.62. The highest BCUT2D eigenvalue weighted by Gasteiger charge is 2.46. The van der Waals surface area contributed by atoms with Crippen LogP contribution in [0.15, 0.2) is 30.3 Å². The van der Waals surface area contributed by atoms with Crippen molar-refractivity contribution in [3.05, 3.63) is 47.2 Å². The quantitative estimate of drug-likeness (QED) is 0.358. The van der Waals surface area contributed by atoms with Gasteiger partial charge in [0.2, 0.25) is 0 Å². The van der Waals surface area contributed by atoms with Gasteiger partial charge in [-0.15, -0.1) is 0 Å². The van der Waals surface area contributed by atoms with Crippen LogP contribution in [0.5, 0.6) is 0 Å². The lowest BCUT2D eigenvalue weighted by Gasteiger charge is -2.33. The Bertz CT molecular complexity index is 1050. The number of carbonyl (C=O) groups is 1. The zero-order valence-electron chi connectivity index (χ0n) is 19.5. The van der Waals surface area contributed by atoms with Gasteiger partial charge in [0.05, 0.1) is 12.1 Å². The molecule has 2 aliphatic heterocycles. The van der Waals surface area contributed by atoms with E-state index in [0.29, 0.717) is 19.1 Å². The number of nitrogens with zero attached hydrogens (tertiary/aromatic N) is 2. The molecule has 1 aromatic heterocycles. The third kappa shape index (κ3) is 6.04. The van der Waals surface area contributed by atoms with Crippen molar-refractivity contribution in [3.63, 3.8) is 0 Å². The van der Waals surface area contributed by atoms with Crippen molar-refractivity contribution in [1.82, 2.24) is 25.9 Å². The van der Waals surface area contributed by atoms with Gasteiger partial charge in [0.1, 0.15) is 5.82 Å². The summed E-state index contributed by atoms with van der Waals surface area (Å²) in [6.45, 7) is 5.32. The lowest BCUT2D eigenvalue weighted by molar-refractivity contribution is -0.173. The molecule has 0 bridgehead atoms. The maximum atomic E-state index is 13.9. The standard InChI is InChI=1S/C23H29F3N6O2S/c1-13(2)14-5-7-15(8-6-14)17-10-19(23(24,25)26)32-20(28-17)11-18(31-32)21(33)29-30-22(35)27-12-16-4-3-9-34-16/h5-8,11,13,16-17,19,28H,3-4,9-10,12H2,1-2H3,(H,29,33)(H2,27,30,35)/t16-,17+,19-/m0/s1. The highest BCUT2D eigenvalue weighted by atomic mass is 32.1. The molecule has 0 unspecified atom stereocenters. The largest absolute Gasteiger partial charge is 0.410 e. The highest BCUT2D eigenvalue weighted by molar-refractivity contribution is 7.80. The number of nitrogens with one attached hydrogen (secondary N) is 4. The van der Waals surface area contributed by atoms with Crippen molar-refractivity contribution in [1.29, 1.82) is 0 Å². The second-order valence-electron chi connectivity index (χ2n) is 9.09. The number of halogens is 3. The van der Waals surface area contributed by atoms with Crippen LogP contribution in [0.2, 0.25) is 0 Å². The molecule has 4 N–H and O–H groups in total. The number of fused-ring (bicyclic) bond motifs is 1. The van der Waals surface area contributed by atoms with Crippen LogP contribution >= 0.6 is 12.2 Å². The van der Waals surface area contributed by atoms with E-state index in [2.05, 4.69) is 40.4 Å². The summed E-state index contributed by atoms with van der Waals surface area (Å²) in [6, 6.07) is 6.41. The SMILES string of the molecule is CC(C)c1ccc([C@H]2C[C@@H](C(F)(F)F)n3nc(C(=O)NNC(=S)NC[C@@H]4CCCO4)cc3N2)cc1. The van der Waals surface area contributed by atoms with E-state index < -0.39 is 24.2 Å². The van der Waals surface area contributed by atoms with E-state index in [1.165, 1.54) is 6.07 Å². The topological polar surface area (TPSA) is 92.2 Å². The molecule has 4 rings (SSSR count). The van der Waals surface area contributed by atoms with Crippen LogP contribution in [0.25, 0.3) is 0 Å². The van der Waals surface area contributed by atoms with Crippen LogP contribution in [0.3, 0.4) is 0 Å². The Labute approximate surface area is 206 Å². The fourth-order valence-electron chi connectivity index (χ4n) is 4.25. The number of hydrogen-bond acceptors (Lipinski definition) is 5. The minimum absolute atomic E-state index is 0.0604. The van der Waals surface area contributed by atoms with Crippen molar-refractivity contribution in [3.8, 4) is 0 Å². The number of ether oxygens (including phenoxy) is 1.